The predicted molar refractivity (Wildman–Crippen MR) is 92.4 cm³/mol. The largest absolute Gasteiger partial charge is 0.487 e. The van der Waals surface area contributed by atoms with Crippen LogP contribution in [0.5, 0.6) is 5.75 Å². The van der Waals surface area contributed by atoms with Gasteiger partial charge < -0.3 is 4.74 Å². The molecule has 1 aromatic heterocycles. The molecule has 0 spiro atoms. The third kappa shape index (κ3) is 3.60. The van der Waals surface area contributed by atoms with Crippen molar-refractivity contribution in [1.82, 2.24) is 20.6 Å². The van der Waals surface area contributed by atoms with E-state index in [2.05, 4.69) is 52.5 Å². The van der Waals surface area contributed by atoms with Crippen molar-refractivity contribution in [1.29, 1.82) is 0 Å². The van der Waals surface area contributed by atoms with Crippen LogP contribution in [0.25, 0.3) is 11.4 Å². The highest BCUT2D eigenvalue weighted by Gasteiger charge is 2.13. The van der Waals surface area contributed by atoms with Crippen molar-refractivity contribution in [3.8, 4) is 17.1 Å². The molecule has 3 rings (SSSR count). The average molecular weight is 455 g/mol. The maximum Gasteiger partial charge on any atom is 0.269 e. The number of aromatic nitrogens is 4. The summed E-state index contributed by atoms with van der Waals surface area (Å²) < 4.78 is 7.24. The first-order valence-electron chi connectivity index (χ1n) is 6.63. The second kappa shape index (κ2) is 7.05. The first-order valence-corrected chi connectivity index (χ1v) is 8.22. The molecule has 0 saturated heterocycles. The third-order valence-corrected chi connectivity index (χ3v) is 4.31. The summed E-state index contributed by atoms with van der Waals surface area (Å²) in [5.74, 6) is 1.08. The zero-order valence-electron chi connectivity index (χ0n) is 11.9. The van der Waals surface area contributed by atoms with Crippen LogP contribution in [0.3, 0.4) is 0 Å². The van der Waals surface area contributed by atoms with Crippen molar-refractivity contribution in [3.05, 3.63) is 61.0 Å². The van der Waals surface area contributed by atoms with Crippen LogP contribution in [0.4, 0.5) is 5.69 Å². The normalized spacial score (nSPS) is 10.6. The van der Waals surface area contributed by atoms with E-state index in [1.54, 1.807) is 12.1 Å². The SMILES string of the molecule is O=[N+]([O-])c1ccc(COc2c(Br)cc(-c3nn[nH]n3)cc2Br)cc1. The molecule has 10 heteroatoms. The molecule has 0 fully saturated rings. The summed E-state index contributed by atoms with van der Waals surface area (Å²) >= 11 is 6.91. The van der Waals surface area contributed by atoms with Crippen molar-refractivity contribution in [3.63, 3.8) is 0 Å². The van der Waals surface area contributed by atoms with Crippen LogP contribution in [0.2, 0.25) is 0 Å². The van der Waals surface area contributed by atoms with E-state index < -0.39 is 4.92 Å². The topological polar surface area (TPSA) is 107 Å². The monoisotopic (exact) mass is 453 g/mol. The number of nitrogens with one attached hydrogen (secondary N) is 1. The number of nitrogens with zero attached hydrogens (tertiary/aromatic N) is 4. The van der Waals surface area contributed by atoms with Gasteiger partial charge in [-0.3, -0.25) is 10.1 Å². The number of ether oxygens (including phenoxy) is 1. The number of tetrazole rings is 1. The second-order valence-corrected chi connectivity index (χ2v) is 6.43. The van der Waals surface area contributed by atoms with Crippen molar-refractivity contribution in [2.24, 2.45) is 0 Å². The first-order chi connectivity index (χ1) is 11.5. The molecule has 8 nitrogen and oxygen atoms in total. The van der Waals surface area contributed by atoms with Gasteiger partial charge in [0, 0.05) is 17.7 Å². The summed E-state index contributed by atoms with van der Waals surface area (Å²) in [6.07, 6.45) is 0. The number of aromatic amines is 1. The Hall–Kier alpha value is -2.33. The lowest BCUT2D eigenvalue weighted by Crippen LogP contribution is -1.98. The Morgan fingerprint density at radius 2 is 1.83 bits per heavy atom. The number of nitro benzene ring substituents is 1. The number of rotatable bonds is 5. The zero-order valence-corrected chi connectivity index (χ0v) is 15.1. The Morgan fingerprint density at radius 1 is 1.17 bits per heavy atom. The minimum Gasteiger partial charge on any atom is -0.487 e. The lowest BCUT2D eigenvalue weighted by Gasteiger charge is -2.11. The fraction of sp³-hybridized carbons (Fsp3) is 0.0714. The molecule has 24 heavy (non-hydrogen) atoms. The van der Waals surface area contributed by atoms with Crippen LogP contribution in [-0.2, 0) is 6.61 Å². The molecule has 1 heterocycles. The molecular weight excluding hydrogens is 446 g/mol. The van der Waals surface area contributed by atoms with E-state index in [0.29, 0.717) is 11.6 Å². The van der Waals surface area contributed by atoms with Gasteiger partial charge in [-0.05, 0) is 66.9 Å². The lowest BCUT2D eigenvalue weighted by molar-refractivity contribution is -0.384. The molecule has 0 saturated carbocycles. The molecule has 122 valence electrons. The maximum absolute atomic E-state index is 10.7. The molecule has 0 unspecified atom stereocenters. The third-order valence-electron chi connectivity index (χ3n) is 3.13. The Bertz CT molecular complexity index is 846. The molecule has 3 aromatic rings. The van der Waals surface area contributed by atoms with Crippen LogP contribution < -0.4 is 4.74 Å². The van der Waals surface area contributed by atoms with Gasteiger partial charge in [0.2, 0.25) is 5.82 Å². The smallest absolute Gasteiger partial charge is 0.269 e. The van der Waals surface area contributed by atoms with E-state index in [4.69, 9.17) is 4.74 Å². The van der Waals surface area contributed by atoms with Gasteiger partial charge >= 0.3 is 0 Å². The minimum absolute atomic E-state index is 0.0468. The molecule has 0 aliphatic carbocycles. The van der Waals surface area contributed by atoms with Crippen molar-refractivity contribution in [2.75, 3.05) is 0 Å². The Kier molecular flexibility index (Phi) is 4.86. The van der Waals surface area contributed by atoms with Crippen molar-refractivity contribution >= 4 is 37.5 Å². The average Bonchev–Trinajstić information content (AvgIpc) is 3.09. The van der Waals surface area contributed by atoms with E-state index in [1.165, 1.54) is 12.1 Å². The summed E-state index contributed by atoms with van der Waals surface area (Å²) in [7, 11) is 0. The van der Waals surface area contributed by atoms with Gasteiger partial charge in [0.1, 0.15) is 12.4 Å². The van der Waals surface area contributed by atoms with E-state index >= 15 is 0 Å². The summed E-state index contributed by atoms with van der Waals surface area (Å²) in [6, 6.07) is 9.85. The lowest BCUT2D eigenvalue weighted by atomic mass is 10.2. The van der Waals surface area contributed by atoms with Gasteiger partial charge in [-0.2, -0.15) is 5.21 Å². The Labute approximate surface area is 152 Å². The van der Waals surface area contributed by atoms with Gasteiger partial charge in [-0.25, -0.2) is 0 Å². The van der Waals surface area contributed by atoms with Gasteiger partial charge in [0.15, 0.2) is 0 Å². The van der Waals surface area contributed by atoms with Crippen LogP contribution in [0.15, 0.2) is 45.3 Å². The molecule has 0 aliphatic heterocycles. The van der Waals surface area contributed by atoms with E-state index in [1.807, 2.05) is 12.1 Å². The number of hydrogen-bond donors (Lipinski definition) is 1. The molecule has 0 amide bonds. The fourth-order valence-electron chi connectivity index (χ4n) is 1.98. The van der Waals surface area contributed by atoms with Crippen LogP contribution in [0, 0.1) is 10.1 Å². The molecule has 2 aromatic carbocycles. The summed E-state index contributed by atoms with van der Waals surface area (Å²) in [6.45, 7) is 0.275. The molecule has 0 aliphatic rings. The number of non-ortho nitro benzene ring substituents is 1. The molecule has 0 atom stereocenters. The van der Waals surface area contributed by atoms with Crippen molar-refractivity contribution < 1.29 is 9.66 Å². The minimum atomic E-state index is -0.436. The number of H-pyrrole nitrogens is 1. The maximum atomic E-state index is 10.7. The Balaban J connectivity index is 1.76. The van der Waals surface area contributed by atoms with Gasteiger partial charge in [0.25, 0.3) is 5.69 Å². The summed E-state index contributed by atoms with van der Waals surface area (Å²) in [5.41, 5.74) is 1.64. The van der Waals surface area contributed by atoms with E-state index in [9.17, 15) is 10.1 Å². The van der Waals surface area contributed by atoms with Gasteiger partial charge in [0.05, 0.1) is 13.9 Å². The summed E-state index contributed by atoms with van der Waals surface area (Å²) in [4.78, 5) is 10.2. The van der Waals surface area contributed by atoms with E-state index in [0.717, 1.165) is 20.1 Å². The van der Waals surface area contributed by atoms with Gasteiger partial charge in [-0.15, -0.1) is 10.2 Å². The molecule has 0 bridgehead atoms. The summed E-state index contributed by atoms with van der Waals surface area (Å²) in [5, 5.41) is 24.4. The number of nitro groups is 1. The van der Waals surface area contributed by atoms with E-state index in [-0.39, 0.29) is 12.3 Å². The van der Waals surface area contributed by atoms with Crippen LogP contribution >= 0.6 is 31.9 Å². The van der Waals surface area contributed by atoms with Crippen LogP contribution in [-0.4, -0.2) is 25.5 Å². The number of halogens is 2. The Morgan fingerprint density at radius 3 is 2.38 bits per heavy atom. The predicted octanol–water partition coefficient (Wildman–Crippen LogP) is 3.88. The number of benzene rings is 2. The molecule has 1 N–H and O–H groups in total. The first kappa shape index (κ1) is 16.5. The number of hydrogen-bond acceptors (Lipinski definition) is 6. The highest BCUT2D eigenvalue weighted by Crippen LogP contribution is 2.37. The molecular formula is C14H9Br2N5O3. The van der Waals surface area contributed by atoms with Crippen LogP contribution in [0.1, 0.15) is 5.56 Å². The fourth-order valence-corrected chi connectivity index (χ4v) is 3.40. The standard InChI is InChI=1S/C14H9Br2N5O3/c15-11-5-9(14-17-19-20-18-14)6-12(16)13(11)24-7-8-1-3-10(4-2-8)21(22)23/h1-6H,7H2,(H,17,18,19,20). The highest BCUT2D eigenvalue weighted by molar-refractivity contribution is 9.11. The van der Waals surface area contributed by atoms with Crippen molar-refractivity contribution in [2.45, 2.75) is 6.61 Å². The quantitative estimate of drug-likeness (QED) is 0.463. The van der Waals surface area contributed by atoms with Gasteiger partial charge in [-0.1, -0.05) is 0 Å². The highest BCUT2D eigenvalue weighted by atomic mass is 79.9. The zero-order chi connectivity index (χ0) is 17.1. The molecule has 0 radical (unpaired) electrons. The second-order valence-electron chi connectivity index (χ2n) is 4.72.